The molecule has 0 unspecified atom stereocenters. The third-order valence-corrected chi connectivity index (χ3v) is 2.92. The molecule has 1 N–H and O–H groups in total. The van der Waals surface area contributed by atoms with Crippen molar-refractivity contribution in [3.05, 3.63) is 47.9 Å². The van der Waals surface area contributed by atoms with Crippen LogP contribution in [0.4, 0.5) is 11.5 Å². The number of amides is 1. The molecule has 0 aliphatic carbocycles. The van der Waals surface area contributed by atoms with E-state index >= 15 is 0 Å². The summed E-state index contributed by atoms with van der Waals surface area (Å²) in [6, 6.07) is 8.99. The molecule has 1 amide bonds. The molecule has 1 aromatic carbocycles. The van der Waals surface area contributed by atoms with Crippen LogP contribution in [0.5, 0.6) is 0 Å². The number of para-hydroxylation sites is 1. The van der Waals surface area contributed by atoms with E-state index < -0.39 is 0 Å². The molecular formula is C15H15N5O. The minimum Gasteiger partial charge on any atom is -0.369 e. The summed E-state index contributed by atoms with van der Waals surface area (Å²) in [6.45, 7) is 2.69. The Balaban J connectivity index is 2.25. The zero-order valence-electron chi connectivity index (χ0n) is 11.9. The van der Waals surface area contributed by atoms with Gasteiger partial charge in [0.05, 0.1) is 23.6 Å². The number of aromatic nitrogens is 2. The van der Waals surface area contributed by atoms with Crippen molar-refractivity contribution in [2.45, 2.75) is 6.92 Å². The van der Waals surface area contributed by atoms with E-state index in [-0.39, 0.29) is 11.6 Å². The number of carbonyl (C=O) groups excluding carboxylic acids is 1. The van der Waals surface area contributed by atoms with Crippen LogP contribution in [0.1, 0.15) is 23.0 Å². The van der Waals surface area contributed by atoms with Crippen LogP contribution in [0.25, 0.3) is 0 Å². The normalized spacial score (nSPS) is 9.76. The molecule has 2 aromatic rings. The molecule has 6 heteroatoms. The van der Waals surface area contributed by atoms with Gasteiger partial charge < -0.3 is 10.2 Å². The van der Waals surface area contributed by atoms with Gasteiger partial charge in [0.2, 0.25) is 0 Å². The monoisotopic (exact) mass is 281 g/mol. The van der Waals surface area contributed by atoms with Gasteiger partial charge in [0.25, 0.3) is 5.91 Å². The highest BCUT2D eigenvalue weighted by molar-refractivity contribution is 6.04. The van der Waals surface area contributed by atoms with Crippen LogP contribution in [0, 0.1) is 11.3 Å². The number of nitrogens with one attached hydrogen (secondary N) is 1. The fourth-order valence-corrected chi connectivity index (χ4v) is 1.85. The quantitative estimate of drug-likeness (QED) is 0.927. The number of nitriles is 1. The molecule has 0 fully saturated rings. The van der Waals surface area contributed by atoms with E-state index in [1.54, 1.807) is 31.3 Å². The summed E-state index contributed by atoms with van der Waals surface area (Å²) in [4.78, 5) is 22.0. The van der Waals surface area contributed by atoms with Crippen molar-refractivity contribution in [2.24, 2.45) is 0 Å². The van der Waals surface area contributed by atoms with Crippen LogP contribution >= 0.6 is 0 Å². The lowest BCUT2D eigenvalue weighted by atomic mass is 10.1. The highest BCUT2D eigenvalue weighted by Gasteiger charge is 2.17. The molecule has 106 valence electrons. The Hall–Kier alpha value is -2.94. The van der Waals surface area contributed by atoms with Crippen LogP contribution < -0.4 is 10.2 Å². The fourth-order valence-electron chi connectivity index (χ4n) is 1.85. The first-order chi connectivity index (χ1) is 10.2. The molecular weight excluding hydrogens is 266 g/mol. The van der Waals surface area contributed by atoms with Gasteiger partial charge in [-0.15, -0.1) is 0 Å². The number of hydrogen-bond donors (Lipinski definition) is 1. The van der Waals surface area contributed by atoms with Gasteiger partial charge in [0, 0.05) is 13.6 Å². The predicted octanol–water partition coefficient (Wildman–Crippen LogP) is 2.06. The summed E-state index contributed by atoms with van der Waals surface area (Å²) in [5.41, 5.74) is 1.21. The van der Waals surface area contributed by atoms with Gasteiger partial charge in [-0.05, 0) is 19.1 Å². The van der Waals surface area contributed by atoms with Gasteiger partial charge in [-0.1, -0.05) is 12.1 Å². The first-order valence-corrected chi connectivity index (χ1v) is 6.50. The molecule has 0 atom stereocenters. The van der Waals surface area contributed by atoms with Crippen LogP contribution in [-0.4, -0.2) is 29.5 Å². The van der Waals surface area contributed by atoms with Gasteiger partial charge in [0.1, 0.15) is 17.6 Å². The molecule has 0 aliphatic heterocycles. The Morgan fingerprint density at radius 1 is 1.33 bits per heavy atom. The Morgan fingerprint density at radius 3 is 2.71 bits per heavy atom. The van der Waals surface area contributed by atoms with E-state index in [0.29, 0.717) is 17.1 Å². The van der Waals surface area contributed by atoms with Crippen LogP contribution in [0.2, 0.25) is 0 Å². The summed E-state index contributed by atoms with van der Waals surface area (Å²) >= 11 is 0. The Labute approximate surface area is 123 Å². The predicted molar refractivity (Wildman–Crippen MR) is 80.1 cm³/mol. The number of carbonyl (C=O) groups is 1. The fraction of sp³-hybridized carbons (Fsp3) is 0.200. The topological polar surface area (TPSA) is 81.9 Å². The van der Waals surface area contributed by atoms with Crippen molar-refractivity contribution in [1.29, 1.82) is 5.26 Å². The molecule has 2 rings (SSSR count). The standard InChI is InChI=1S/C15H15N5O/c1-3-17-14-10-18-12(9-19-14)15(21)20(2)13-7-5-4-6-11(13)8-16/h4-7,9-10H,3H2,1-2H3,(H,17,19). The molecule has 0 saturated carbocycles. The SMILES string of the molecule is CCNc1cnc(C(=O)N(C)c2ccccc2C#N)cn1. The summed E-state index contributed by atoms with van der Waals surface area (Å²) in [7, 11) is 1.61. The molecule has 1 aromatic heterocycles. The highest BCUT2D eigenvalue weighted by Crippen LogP contribution is 2.19. The summed E-state index contributed by atoms with van der Waals surface area (Å²) < 4.78 is 0. The molecule has 0 spiro atoms. The van der Waals surface area contributed by atoms with Crippen molar-refractivity contribution in [3.8, 4) is 6.07 Å². The zero-order valence-corrected chi connectivity index (χ0v) is 11.9. The second-order valence-electron chi connectivity index (χ2n) is 4.31. The van der Waals surface area contributed by atoms with E-state index in [4.69, 9.17) is 5.26 Å². The number of nitrogens with zero attached hydrogens (tertiary/aromatic N) is 4. The molecule has 0 aliphatic rings. The van der Waals surface area contributed by atoms with E-state index in [9.17, 15) is 4.79 Å². The average Bonchev–Trinajstić information content (AvgIpc) is 2.54. The van der Waals surface area contributed by atoms with Crippen molar-refractivity contribution < 1.29 is 4.79 Å². The first kappa shape index (κ1) is 14.5. The van der Waals surface area contributed by atoms with E-state index in [1.807, 2.05) is 6.92 Å². The number of rotatable bonds is 4. The lowest BCUT2D eigenvalue weighted by Crippen LogP contribution is -2.28. The Morgan fingerprint density at radius 2 is 2.10 bits per heavy atom. The van der Waals surface area contributed by atoms with Gasteiger partial charge in [-0.3, -0.25) is 4.79 Å². The summed E-state index contributed by atoms with van der Waals surface area (Å²) in [5.74, 6) is 0.308. The van der Waals surface area contributed by atoms with Crippen LogP contribution in [-0.2, 0) is 0 Å². The summed E-state index contributed by atoms with van der Waals surface area (Å²) in [6.07, 6.45) is 2.94. The smallest absolute Gasteiger partial charge is 0.278 e. The number of hydrogen-bond acceptors (Lipinski definition) is 5. The van der Waals surface area contributed by atoms with Gasteiger partial charge in [-0.2, -0.15) is 5.26 Å². The minimum atomic E-state index is -0.312. The minimum absolute atomic E-state index is 0.229. The molecule has 1 heterocycles. The lowest BCUT2D eigenvalue weighted by Gasteiger charge is -2.17. The van der Waals surface area contributed by atoms with Crippen molar-refractivity contribution >= 4 is 17.4 Å². The van der Waals surface area contributed by atoms with E-state index in [1.165, 1.54) is 17.3 Å². The molecule has 6 nitrogen and oxygen atoms in total. The lowest BCUT2D eigenvalue weighted by molar-refractivity contribution is 0.0988. The van der Waals surface area contributed by atoms with Crippen LogP contribution in [0.3, 0.4) is 0 Å². The van der Waals surface area contributed by atoms with Crippen LogP contribution in [0.15, 0.2) is 36.7 Å². The average molecular weight is 281 g/mol. The maximum absolute atomic E-state index is 12.4. The Kier molecular flexibility index (Phi) is 4.46. The third kappa shape index (κ3) is 3.15. The van der Waals surface area contributed by atoms with Crippen molar-refractivity contribution in [3.63, 3.8) is 0 Å². The third-order valence-electron chi connectivity index (χ3n) is 2.92. The maximum Gasteiger partial charge on any atom is 0.278 e. The summed E-state index contributed by atoms with van der Waals surface area (Å²) in [5, 5.41) is 12.1. The molecule has 0 saturated heterocycles. The number of anilines is 2. The zero-order chi connectivity index (χ0) is 15.2. The van der Waals surface area contributed by atoms with E-state index in [2.05, 4.69) is 21.4 Å². The second-order valence-corrected chi connectivity index (χ2v) is 4.31. The largest absolute Gasteiger partial charge is 0.369 e. The second kappa shape index (κ2) is 6.48. The molecule has 21 heavy (non-hydrogen) atoms. The van der Waals surface area contributed by atoms with Gasteiger partial charge >= 0.3 is 0 Å². The van der Waals surface area contributed by atoms with Gasteiger partial charge in [-0.25, -0.2) is 9.97 Å². The van der Waals surface area contributed by atoms with Gasteiger partial charge in [0.15, 0.2) is 0 Å². The highest BCUT2D eigenvalue weighted by atomic mass is 16.2. The molecule has 0 bridgehead atoms. The first-order valence-electron chi connectivity index (χ1n) is 6.50. The van der Waals surface area contributed by atoms with E-state index in [0.717, 1.165) is 6.54 Å². The Bertz CT molecular complexity index is 675. The number of benzene rings is 1. The van der Waals surface area contributed by atoms with Crippen molar-refractivity contribution in [1.82, 2.24) is 9.97 Å². The maximum atomic E-state index is 12.4. The van der Waals surface area contributed by atoms with Crippen molar-refractivity contribution in [2.75, 3.05) is 23.8 Å². The molecule has 0 radical (unpaired) electrons.